The number of benzene rings is 1. The van der Waals surface area contributed by atoms with Crippen molar-refractivity contribution >= 4 is 23.3 Å². The van der Waals surface area contributed by atoms with Crippen molar-refractivity contribution < 1.29 is 14.3 Å². The van der Waals surface area contributed by atoms with E-state index in [1.165, 1.54) is 26.0 Å². The van der Waals surface area contributed by atoms with E-state index in [1.54, 1.807) is 0 Å². The average Bonchev–Trinajstić information content (AvgIpc) is 2.09. The van der Waals surface area contributed by atoms with E-state index in [-0.39, 0.29) is 5.02 Å². The van der Waals surface area contributed by atoms with E-state index in [4.69, 9.17) is 16.7 Å². The minimum atomic E-state index is -1.15. The molecule has 0 aliphatic rings. The Labute approximate surface area is 91.9 Å². The molecule has 0 radical (unpaired) electrons. The molecule has 0 bridgehead atoms. The van der Waals surface area contributed by atoms with E-state index in [2.05, 4.69) is 5.32 Å². The van der Waals surface area contributed by atoms with Gasteiger partial charge in [-0.15, -0.1) is 0 Å². The van der Waals surface area contributed by atoms with Gasteiger partial charge in [-0.2, -0.15) is 0 Å². The van der Waals surface area contributed by atoms with Gasteiger partial charge in [-0.25, -0.2) is 9.18 Å². The lowest BCUT2D eigenvalue weighted by atomic mass is 10.1. The van der Waals surface area contributed by atoms with Crippen LogP contribution in [0.25, 0.3) is 0 Å². The Morgan fingerprint density at radius 1 is 1.53 bits per heavy atom. The predicted molar refractivity (Wildman–Crippen MR) is 56.7 cm³/mol. The zero-order valence-corrected chi connectivity index (χ0v) is 9.10. The Kier molecular flexibility index (Phi) is 3.19. The number of aliphatic carboxylic acids is 1. The first-order valence-electron chi connectivity index (χ1n) is 4.29. The van der Waals surface area contributed by atoms with Crippen LogP contribution in [0.5, 0.6) is 0 Å². The summed E-state index contributed by atoms with van der Waals surface area (Å²) in [4.78, 5) is 10.8. The fourth-order valence-electron chi connectivity index (χ4n) is 0.981. The average molecular weight is 232 g/mol. The SMILES string of the molecule is CC(C)(Nc1ccc(F)cc1Cl)C(=O)O. The van der Waals surface area contributed by atoms with E-state index >= 15 is 0 Å². The van der Waals surface area contributed by atoms with Crippen LogP contribution in [0.4, 0.5) is 10.1 Å². The molecular formula is C10H11ClFNO2. The molecule has 0 aliphatic carbocycles. The van der Waals surface area contributed by atoms with Crippen molar-refractivity contribution in [3.8, 4) is 0 Å². The molecule has 1 rings (SSSR count). The normalized spacial score (nSPS) is 11.2. The van der Waals surface area contributed by atoms with Gasteiger partial charge in [0.15, 0.2) is 0 Å². The molecule has 3 nitrogen and oxygen atoms in total. The second kappa shape index (κ2) is 4.06. The molecule has 2 N–H and O–H groups in total. The Hall–Kier alpha value is -1.29. The molecule has 0 spiro atoms. The summed E-state index contributed by atoms with van der Waals surface area (Å²) >= 11 is 5.74. The number of carboxylic acid groups (broad SMARTS) is 1. The number of nitrogens with one attached hydrogen (secondary N) is 1. The minimum absolute atomic E-state index is 0.157. The largest absolute Gasteiger partial charge is 0.480 e. The molecule has 82 valence electrons. The summed E-state index contributed by atoms with van der Waals surface area (Å²) in [5, 5.41) is 11.7. The highest BCUT2D eigenvalue weighted by Gasteiger charge is 2.27. The van der Waals surface area contributed by atoms with Crippen molar-refractivity contribution in [2.45, 2.75) is 19.4 Å². The maximum Gasteiger partial charge on any atom is 0.328 e. The molecular weight excluding hydrogens is 221 g/mol. The summed E-state index contributed by atoms with van der Waals surface area (Å²) < 4.78 is 12.7. The lowest BCUT2D eigenvalue weighted by Crippen LogP contribution is -2.40. The Morgan fingerprint density at radius 3 is 2.60 bits per heavy atom. The van der Waals surface area contributed by atoms with Gasteiger partial charge < -0.3 is 10.4 Å². The Bertz CT molecular complexity index is 393. The van der Waals surface area contributed by atoms with Crippen LogP contribution >= 0.6 is 11.6 Å². The molecule has 0 aromatic heterocycles. The van der Waals surface area contributed by atoms with Crippen LogP contribution in [-0.4, -0.2) is 16.6 Å². The molecule has 15 heavy (non-hydrogen) atoms. The molecule has 0 saturated carbocycles. The topological polar surface area (TPSA) is 49.3 Å². The van der Waals surface area contributed by atoms with Crippen molar-refractivity contribution in [2.75, 3.05) is 5.32 Å². The van der Waals surface area contributed by atoms with E-state index in [1.807, 2.05) is 0 Å². The van der Waals surface area contributed by atoms with Gasteiger partial charge in [0.1, 0.15) is 11.4 Å². The van der Waals surface area contributed by atoms with Crippen LogP contribution in [0.2, 0.25) is 5.02 Å². The van der Waals surface area contributed by atoms with Gasteiger partial charge in [-0.3, -0.25) is 0 Å². The van der Waals surface area contributed by atoms with E-state index < -0.39 is 17.3 Å². The second-order valence-electron chi connectivity index (χ2n) is 3.68. The summed E-state index contributed by atoms with van der Waals surface area (Å²) in [7, 11) is 0. The number of carbonyl (C=O) groups is 1. The van der Waals surface area contributed by atoms with Crippen molar-refractivity contribution in [1.82, 2.24) is 0 Å². The summed E-state index contributed by atoms with van der Waals surface area (Å²) in [5.41, 5.74) is -0.757. The third-order valence-corrected chi connectivity index (χ3v) is 2.23. The maximum atomic E-state index is 12.7. The number of hydrogen-bond acceptors (Lipinski definition) is 2. The Morgan fingerprint density at radius 2 is 2.13 bits per heavy atom. The number of anilines is 1. The lowest BCUT2D eigenvalue weighted by Gasteiger charge is -2.23. The molecule has 0 unspecified atom stereocenters. The monoisotopic (exact) mass is 231 g/mol. The van der Waals surface area contributed by atoms with Gasteiger partial charge in [-0.1, -0.05) is 11.6 Å². The van der Waals surface area contributed by atoms with Crippen LogP contribution in [0, 0.1) is 5.82 Å². The molecule has 0 heterocycles. The second-order valence-corrected chi connectivity index (χ2v) is 4.09. The summed E-state index contributed by atoms with van der Waals surface area (Å²) in [6, 6.07) is 3.75. The van der Waals surface area contributed by atoms with E-state index in [0.29, 0.717) is 5.69 Å². The smallest absolute Gasteiger partial charge is 0.328 e. The van der Waals surface area contributed by atoms with Crippen LogP contribution in [-0.2, 0) is 4.79 Å². The standard InChI is InChI=1S/C10H11ClFNO2/c1-10(2,9(14)15)13-8-4-3-6(12)5-7(8)11/h3-5,13H,1-2H3,(H,14,15). The van der Waals surface area contributed by atoms with Crippen molar-refractivity contribution in [3.05, 3.63) is 29.0 Å². The molecule has 0 aliphatic heterocycles. The highest BCUT2D eigenvalue weighted by atomic mass is 35.5. The van der Waals surface area contributed by atoms with Crippen LogP contribution in [0.3, 0.4) is 0 Å². The minimum Gasteiger partial charge on any atom is -0.480 e. The van der Waals surface area contributed by atoms with Gasteiger partial charge in [0.05, 0.1) is 10.7 Å². The number of hydrogen-bond donors (Lipinski definition) is 2. The van der Waals surface area contributed by atoms with Crippen molar-refractivity contribution in [2.24, 2.45) is 0 Å². The summed E-state index contributed by atoms with van der Waals surface area (Å²) in [5.74, 6) is -1.47. The van der Waals surface area contributed by atoms with Gasteiger partial charge in [0, 0.05) is 0 Å². The third kappa shape index (κ3) is 2.83. The van der Waals surface area contributed by atoms with Gasteiger partial charge in [0.2, 0.25) is 0 Å². The maximum absolute atomic E-state index is 12.7. The molecule has 1 aromatic carbocycles. The third-order valence-electron chi connectivity index (χ3n) is 1.91. The predicted octanol–water partition coefficient (Wildman–Crippen LogP) is 2.75. The number of rotatable bonds is 3. The van der Waals surface area contributed by atoms with E-state index in [0.717, 1.165) is 6.07 Å². The number of halogens is 2. The quantitative estimate of drug-likeness (QED) is 0.841. The zero-order valence-electron chi connectivity index (χ0n) is 8.34. The Balaban J connectivity index is 2.95. The highest BCUT2D eigenvalue weighted by Crippen LogP contribution is 2.25. The summed E-state index contributed by atoms with van der Waals surface area (Å²) in [6.45, 7) is 2.99. The molecule has 1 aromatic rings. The fraction of sp³-hybridized carbons (Fsp3) is 0.300. The molecule has 0 atom stereocenters. The summed E-state index contributed by atoms with van der Waals surface area (Å²) in [6.07, 6.45) is 0. The van der Waals surface area contributed by atoms with Crippen LogP contribution < -0.4 is 5.32 Å². The van der Waals surface area contributed by atoms with E-state index in [9.17, 15) is 9.18 Å². The number of carboxylic acids is 1. The molecule has 5 heteroatoms. The highest BCUT2D eigenvalue weighted by molar-refractivity contribution is 6.33. The first-order chi connectivity index (χ1) is 6.83. The fourth-order valence-corrected chi connectivity index (χ4v) is 1.20. The first kappa shape index (κ1) is 11.8. The molecule has 0 amide bonds. The first-order valence-corrected chi connectivity index (χ1v) is 4.67. The molecule has 0 saturated heterocycles. The van der Waals surface area contributed by atoms with Gasteiger partial charge >= 0.3 is 5.97 Å². The van der Waals surface area contributed by atoms with Crippen molar-refractivity contribution in [3.63, 3.8) is 0 Å². The van der Waals surface area contributed by atoms with Gasteiger partial charge in [0.25, 0.3) is 0 Å². The molecule has 0 fully saturated rings. The van der Waals surface area contributed by atoms with Crippen LogP contribution in [0.1, 0.15) is 13.8 Å². The van der Waals surface area contributed by atoms with Gasteiger partial charge in [-0.05, 0) is 32.0 Å². The van der Waals surface area contributed by atoms with Crippen LogP contribution in [0.15, 0.2) is 18.2 Å². The van der Waals surface area contributed by atoms with Crippen molar-refractivity contribution in [1.29, 1.82) is 0 Å². The lowest BCUT2D eigenvalue weighted by molar-refractivity contribution is -0.141. The zero-order chi connectivity index (χ0) is 11.6.